The predicted molar refractivity (Wildman–Crippen MR) is 52.7 cm³/mol. The van der Waals surface area contributed by atoms with Crippen molar-refractivity contribution in [3.8, 4) is 0 Å². The molecule has 0 aromatic carbocycles. The van der Waals surface area contributed by atoms with Gasteiger partial charge in [0.05, 0.1) is 0 Å². The molecule has 1 nitrogen and oxygen atoms in total. The van der Waals surface area contributed by atoms with E-state index in [1.165, 1.54) is 0 Å². The number of allylic oxidation sites excluding steroid dienone is 1. The maximum absolute atomic E-state index is 13.1. The number of hydrogen-bond acceptors (Lipinski definition) is 1. The molecule has 0 saturated carbocycles. The molecule has 12 heavy (non-hydrogen) atoms. The Morgan fingerprint density at radius 3 is 3.00 bits per heavy atom. The second-order valence-corrected chi connectivity index (χ2v) is 6.93. The standard InChI is InChI=1S/C9H17FOP/c1-2-6-12(11)7-4-3-5-9(10)8-12/h2,9,11H,1,3-8H2. The van der Waals surface area contributed by atoms with E-state index < -0.39 is 13.7 Å². The normalized spacial score (nSPS) is 37.3. The molecular formula is C9H17FOP. The van der Waals surface area contributed by atoms with E-state index in [1.54, 1.807) is 6.08 Å². The lowest BCUT2D eigenvalue weighted by Gasteiger charge is -2.28. The molecule has 1 radical (unpaired) electrons. The fraction of sp³-hybridized carbons (Fsp3) is 0.778. The molecule has 2 atom stereocenters. The topological polar surface area (TPSA) is 20.2 Å². The summed E-state index contributed by atoms with van der Waals surface area (Å²) >= 11 is 0. The van der Waals surface area contributed by atoms with Crippen LogP contribution in [0.3, 0.4) is 0 Å². The van der Waals surface area contributed by atoms with Gasteiger partial charge in [-0.1, -0.05) is 12.5 Å². The van der Waals surface area contributed by atoms with Crippen LogP contribution in [0.2, 0.25) is 0 Å². The van der Waals surface area contributed by atoms with Crippen molar-refractivity contribution < 1.29 is 9.28 Å². The Kier molecular flexibility index (Phi) is 3.67. The van der Waals surface area contributed by atoms with E-state index >= 15 is 0 Å². The summed E-state index contributed by atoms with van der Waals surface area (Å²) in [7, 11) is -1.96. The quantitative estimate of drug-likeness (QED) is 0.525. The molecule has 1 N–H and O–H groups in total. The van der Waals surface area contributed by atoms with E-state index in [2.05, 4.69) is 6.58 Å². The van der Waals surface area contributed by atoms with Gasteiger partial charge in [0.25, 0.3) is 0 Å². The first kappa shape index (κ1) is 10.1. The minimum atomic E-state index is -1.96. The Morgan fingerprint density at radius 2 is 2.33 bits per heavy atom. The predicted octanol–water partition coefficient (Wildman–Crippen LogP) is 2.62. The SMILES string of the molecule is C=CC[P]1(O)CCCCC(F)C1. The monoisotopic (exact) mass is 191 g/mol. The molecule has 71 valence electrons. The van der Waals surface area contributed by atoms with Crippen LogP contribution >= 0.6 is 7.49 Å². The Hall–Kier alpha value is 0.0600. The summed E-state index contributed by atoms with van der Waals surface area (Å²) < 4.78 is 13.1. The van der Waals surface area contributed by atoms with Gasteiger partial charge in [0.15, 0.2) is 0 Å². The molecule has 3 heteroatoms. The number of halogens is 1. The zero-order valence-corrected chi connectivity index (χ0v) is 8.27. The molecule has 1 saturated heterocycles. The van der Waals surface area contributed by atoms with Crippen LogP contribution in [0, 0.1) is 0 Å². The molecular weight excluding hydrogens is 174 g/mol. The smallest absolute Gasteiger partial charge is 0.106 e. The third-order valence-corrected chi connectivity index (χ3v) is 5.51. The van der Waals surface area contributed by atoms with E-state index in [0.29, 0.717) is 18.7 Å². The molecule has 1 rings (SSSR count). The zero-order valence-electron chi connectivity index (χ0n) is 7.38. The highest BCUT2D eigenvalue weighted by atomic mass is 31.2. The van der Waals surface area contributed by atoms with Crippen molar-refractivity contribution in [1.29, 1.82) is 0 Å². The fourth-order valence-corrected chi connectivity index (χ4v) is 4.46. The maximum atomic E-state index is 13.1. The van der Waals surface area contributed by atoms with Gasteiger partial charge in [-0.15, -0.1) is 6.58 Å². The van der Waals surface area contributed by atoms with Crippen molar-refractivity contribution in [2.75, 3.05) is 18.5 Å². The maximum Gasteiger partial charge on any atom is 0.106 e. The van der Waals surface area contributed by atoms with Crippen molar-refractivity contribution in [2.24, 2.45) is 0 Å². The van der Waals surface area contributed by atoms with E-state index in [9.17, 15) is 9.28 Å². The molecule has 1 aliphatic rings. The van der Waals surface area contributed by atoms with Gasteiger partial charge in [0.2, 0.25) is 0 Å². The van der Waals surface area contributed by atoms with E-state index in [-0.39, 0.29) is 0 Å². The highest BCUT2D eigenvalue weighted by Gasteiger charge is 2.29. The zero-order chi connectivity index (χ0) is 9.03. The van der Waals surface area contributed by atoms with Crippen molar-refractivity contribution >= 4 is 7.49 Å². The van der Waals surface area contributed by atoms with Crippen molar-refractivity contribution in [3.05, 3.63) is 12.7 Å². The first-order valence-electron chi connectivity index (χ1n) is 4.50. The van der Waals surface area contributed by atoms with Gasteiger partial charge in [0.1, 0.15) is 6.17 Å². The summed E-state index contributed by atoms with van der Waals surface area (Å²) in [6, 6.07) is 0. The average molecular weight is 191 g/mol. The highest BCUT2D eigenvalue weighted by Crippen LogP contribution is 2.57. The first-order valence-corrected chi connectivity index (χ1v) is 6.80. The van der Waals surface area contributed by atoms with Crippen molar-refractivity contribution in [3.63, 3.8) is 0 Å². The number of rotatable bonds is 2. The summed E-state index contributed by atoms with van der Waals surface area (Å²) in [6.07, 6.45) is 5.38. The summed E-state index contributed by atoms with van der Waals surface area (Å²) in [5.41, 5.74) is 0. The van der Waals surface area contributed by atoms with Crippen LogP contribution in [-0.2, 0) is 0 Å². The molecule has 0 bridgehead atoms. The van der Waals surface area contributed by atoms with Crippen LogP contribution in [0.5, 0.6) is 0 Å². The molecule has 0 aromatic heterocycles. The van der Waals surface area contributed by atoms with Gasteiger partial charge in [-0.05, 0) is 26.5 Å². The van der Waals surface area contributed by atoms with Gasteiger partial charge in [-0.25, -0.2) is 4.39 Å². The summed E-state index contributed by atoms with van der Waals surface area (Å²) in [6.45, 7) is 3.60. The van der Waals surface area contributed by atoms with E-state index in [1.807, 2.05) is 0 Å². The van der Waals surface area contributed by atoms with Gasteiger partial charge in [0, 0.05) is 12.3 Å². The molecule has 0 amide bonds. The van der Waals surface area contributed by atoms with Crippen LogP contribution < -0.4 is 0 Å². The van der Waals surface area contributed by atoms with Crippen LogP contribution in [-0.4, -0.2) is 29.6 Å². The van der Waals surface area contributed by atoms with Crippen LogP contribution in [0.1, 0.15) is 19.3 Å². The van der Waals surface area contributed by atoms with Crippen LogP contribution in [0.15, 0.2) is 12.7 Å². The number of alkyl halides is 1. The molecule has 1 aliphatic heterocycles. The third kappa shape index (κ3) is 2.84. The van der Waals surface area contributed by atoms with Crippen LogP contribution in [0.25, 0.3) is 0 Å². The Balaban J connectivity index is 2.54. The third-order valence-electron chi connectivity index (χ3n) is 2.35. The average Bonchev–Trinajstić information content (AvgIpc) is 2.12. The van der Waals surface area contributed by atoms with E-state index in [4.69, 9.17) is 0 Å². The second-order valence-electron chi connectivity index (χ2n) is 3.57. The van der Waals surface area contributed by atoms with Gasteiger partial charge < -0.3 is 4.89 Å². The Bertz CT molecular complexity index is 163. The largest absolute Gasteiger partial charge is 0.379 e. The van der Waals surface area contributed by atoms with Crippen LogP contribution in [0.4, 0.5) is 4.39 Å². The van der Waals surface area contributed by atoms with Gasteiger partial charge in [-0.3, -0.25) is 0 Å². The lowest BCUT2D eigenvalue weighted by atomic mass is 10.2. The molecule has 2 unspecified atom stereocenters. The molecule has 1 fully saturated rings. The summed E-state index contributed by atoms with van der Waals surface area (Å²) in [5, 5.41) is 0. The summed E-state index contributed by atoms with van der Waals surface area (Å²) in [4.78, 5) is 10.0. The van der Waals surface area contributed by atoms with Crippen molar-refractivity contribution in [1.82, 2.24) is 0 Å². The molecule has 0 aliphatic carbocycles. The van der Waals surface area contributed by atoms with E-state index in [0.717, 1.165) is 19.0 Å². The number of hydrogen-bond donors (Lipinski definition) is 1. The Labute approximate surface area is 74.1 Å². The second kappa shape index (κ2) is 4.34. The molecule has 1 heterocycles. The summed E-state index contributed by atoms with van der Waals surface area (Å²) in [5.74, 6) is 0. The minimum absolute atomic E-state index is 0.402. The Morgan fingerprint density at radius 1 is 1.58 bits per heavy atom. The minimum Gasteiger partial charge on any atom is -0.379 e. The molecule has 0 aromatic rings. The van der Waals surface area contributed by atoms with Gasteiger partial charge in [-0.2, -0.15) is 0 Å². The van der Waals surface area contributed by atoms with Gasteiger partial charge >= 0.3 is 0 Å². The lowest BCUT2D eigenvalue weighted by molar-refractivity contribution is 0.338. The highest BCUT2D eigenvalue weighted by molar-refractivity contribution is 7.70. The first-order chi connectivity index (χ1) is 5.66. The van der Waals surface area contributed by atoms with Crippen molar-refractivity contribution in [2.45, 2.75) is 25.4 Å². The lowest BCUT2D eigenvalue weighted by Crippen LogP contribution is -2.11. The molecule has 0 spiro atoms. The fourth-order valence-electron chi connectivity index (χ4n) is 1.73.